The van der Waals surface area contributed by atoms with Gasteiger partial charge in [0.15, 0.2) is 16.7 Å². The van der Waals surface area contributed by atoms with Gasteiger partial charge in [-0.15, -0.1) is 0 Å². The van der Waals surface area contributed by atoms with Gasteiger partial charge in [-0.2, -0.15) is 0 Å². The Bertz CT molecular complexity index is 1290. The largest absolute Gasteiger partial charge is 0.497 e. The van der Waals surface area contributed by atoms with Crippen LogP contribution in [0.25, 0.3) is 6.08 Å². The van der Waals surface area contributed by atoms with Gasteiger partial charge in [-0.1, -0.05) is 19.4 Å². The first kappa shape index (κ1) is 26.2. The molecule has 0 bridgehead atoms. The first-order chi connectivity index (χ1) is 18.1. The van der Waals surface area contributed by atoms with Gasteiger partial charge in [0.1, 0.15) is 11.5 Å². The number of aliphatic imine (C=N–C) groups is 1. The van der Waals surface area contributed by atoms with E-state index in [9.17, 15) is 4.79 Å². The van der Waals surface area contributed by atoms with Gasteiger partial charge in [-0.05, 0) is 90.5 Å². The van der Waals surface area contributed by atoms with Gasteiger partial charge in [-0.3, -0.25) is 9.69 Å². The zero-order chi connectivity index (χ0) is 26.2. The Hall–Kier alpha value is -3.91. The Morgan fingerprint density at radius 1 is 0.865 bits per heavy atom. The third-order valence-electron chi connectivity index (χ3n) is 5.68. The minimum absolute atomic E-state index is 0.162. The quantitative estimate of drug-likeness (QED) is 0.220. The molecular weight excluding hydrogens is 488 g/mol. The molecule has 37 heavy (non-hydrogen) atoms. The molecule has 4 rings (SSSR count). The fourth-order valence-corrected chi connectivity index (χ4v) is 4.65. The summed E-state index contributed by atoms with van der Waals surface area (Å²) >= 11 is 1.32. The average Bonchev–Trinajstić information content (AvgIpc) is 3.23. The number of anilines is 1. The highest BCUT2D eigenvalue weighted by Crippen LogP contribution is 2.39. The second-order valence-electron chi connectivity index (χ2n) is 8.15. The summed E-state index contributed by atoms with van der Waals surface area (Å²) in [5.74, 6) is 2.60. The van der Waals surface area contributed by atoms with Crippen LogP contribution >= 0.6 is 11.8 Å². The molecule has 1 fully saturated rings. The monoisotopic (exact) mass is 518 g/mol. The summed E-state index contributed by atoms with van der Waals surface area (Å²) in [7, 11) is 4.84. The summed E-state index contributed by atoms with van der Waals surface area (Å²) in [4.78, 5) is 20.5. The van der Waals surface area contributed by atoms with Crippen LogP contribution in [0.3, 0.4) is 0 Å². The third kappa shape index (κ3) is 6.27. The van der Waals surface area contributed by atoms with Crippen LogP contribution in [0.5, 0.6) is 23.0 Å². The second kappa shape index (κ2) is 12.4. The zero-order valence-corrected chi connectivity index (χ0v) is 22.2. The molecule has 7 nitrogen and oxygen atoms in total. The molecule has 0 spiro atoms. The van der Waals surface area contributed by atoms with E-state index in [4.69, 9.17) is 23.9 Å². The number of benzene rings is 3. The van der Waals surface area contributed by atoms with Crippen LogP contribution in [0.1, 0.15) is 25.3 Å². The lowest BCUT2D eigenvalue weighted by Gasteiger charge is -2.16. The molecule has 1 heterocycles. The summed E-state index contributed by atoms with van der Waals surface area (Å²) < 4.78 is 21.9. The van der Waals surface area contributed by atoms with E-state index >= 15 is 0 Å². The minimum atomic E-state index is -0.162. The van der Waals surface area contributed by atoms with Crippen molar-refractivity contribution in [1.82, 2.24) is 0 Å². The topological polar surface area (TPSA) is 69.6 Å². The van der Waals surface area contributed by atoms with Crippen LogP contribution in [-0.4, -0.2) is 39.0 Å². The Kier molecular flexibility index (Phi) is 8.74. The van der Waals surface area contributed by atoms with Crippen LogP contribution in [-0.2, 0) is 4.79 Å². The molecule has 0 atom stereocenters. The molecule has 3 aromatic rings. The maximum Gasteiger partial charge on any atom is 0.271 e. The summed E-state index contributed by atoms with van der Waals surface area (Å²) in [6.45, 7) is 2.75. The van der Waals surface area contributed by atoms with Crippen molar-refractivity contribution in [2.75, 3.05) is 32.8 Å². The number of rotatable bonds is 10. The van der Waals surface area contributed by atoms with Gasteiger partial charge in [0.2, 0.25) is 0 Å². The first-order valence-corrected chi connectivity index (χ1v) is 12.8. The lowest BCUT2D eigenvalue weighted by Crippen LogP contribution is -2.28. The number of hydrogen-bond acceptors (Lipinski definition) is 7. The van der Waals surface area contributed by atoms with Gasteiger partial charge in [0, 0.05) is 0 Å². The maximum atomic E-state index is 13.6. The fourth-order valence-electron chi connectivity index (χ4n) is 3.65. The number of amides is 1. The number of carbonyl (C=O) groups is 1. The molecular formula is C29H30N2O5S. The summed E-state index contributed by atoms with van der Waals surface area (Å²) in [6, 6.07) is 20.4. The Labute approximate surface area is 221 Å². The molecule has 0 aromatic heterocycles. The van der Waals surface area contributed by atoms with E-state index in [-0.39, 0.29) is 5.91 Å². The van der Waals surface area contributed by atoms with Gasteiger partial charge in [0.25, 0.3) is 5.91 Å². The van der Waals surface area contributed by atoms with Crippen LogP contribution in [0.2, 0.25) is 0 Å². The number of hydrogen-bond donors (Lipinski definition) is 0. The maximum absolute atomic E-state index is 13.6. The molecule has 192 valence electrons. The van der Waals surface area contributed by atoms with Crippen molar-refractivity contribution < 1.29 is 23.7 Å². The third-order valence-corrected chi connectivity index (χ3v) is 6.64. The summed E-state index contributed by atoms with van der Waals surface area (Å²) in [5, 5.41) is 0.554. The van der Waals surface area contributed by atoms with Crippen molar-refractivity contribution in [3.8, 4) is 23.0 Å². The Morgan fingerprint density at radius 2 is 1.54 bits per heavy atom. The molecule has 0 radical (unpaired) electrons. The standard InChI is InChI=1S/C29H30N2O5S/c1-5-6-17-36-25-16-7-20(18-26(25)35-4)19-27-28(32)31(22-10-14-24(34-3)15-11-22)29(37-27)30-21-8-12-23(33-2)13-9-21/h7-16,18-19H,5-6,17H2,1-4H3. The zero-order valence-electron chi connectivity index (χ0n) is 21.4. The highest BCUT2D eigenvalue weighted by atomic mass is 32.2. The highest BCUT2D eigenvalue weighted by molar-refractivity contribution is 8.19. The number of amidine groups is 1. The molecule has 1 saturated heterocycles. The molecule has 1 amide bonds. The van der Waals surface area contributed by atoms with Gasteiger partial charge in [-0.25, -0.2) is 4.99 Å². The van der Waals surface area contributed by atoms with E-state index in [0.29, 0.717) is 45.3 Å². The molecule has 3 aromatic carbocycles. The van der Waals surface area contributed by atoms with E-state index in [1.165, 1.54) is 11.8 Å². The number of methoxy groups -OCH3 is 3. The molecule has 8 heteroatoms. The van der Waals surface area contributed by atoms with E-state index in [2.05, 4.69) is 6.92 Å². The van der Waals surface area contributed by atoms with E-state index in [1.54, 1.807) is 26.2 Å². The van der Waals surface area contributed by atoms with Gasteiger partial charge < -0.3 is 18.9 Å². The summed E-state index contributed by atoms with van der Waals surface area (Å²) in [5.41, 5.74) is 2.24. The first-order valence-electron chi connectivity index (χ1n) is 12.0. The minimum Gasteiger partial charge on any atom is -0.497 e. The SMILES string of the molecule is CCCCOc1ccc(C=C2SC(=Nc3ccc(OC)cc3)N(c3ccc(OC)cc3)C2=O)cc1OC. The van der Waals surface area contributed by atoms with Crippen molar-refractivity contribution in [3.05, 3.63) is 77.2 Å². The second-order valence-corrected chi connectivity index (χ2v) is 9.16. The van der Waals surface area contributed by atoms with Crippen molar-refractivity contribution >= 4 is 40.3 Å². The van der Waals surface area contributed by atoms with Gasteiger partial charge in [0.05, 0.1) is 44.2 Å². The average molecular weight is 519 g/mol. The lowest BCUT2D eigenvalue weighted by atomic mass is 10.1. The lowest BCUT2D eigenvalue weighted by molar-refractivity contribution is -0.113. The number of thioether (sulfide) groups is 1. The molecule has 1 aliphatic heterocycles. The number of unbranched alkanes of at least 4 members (excludes halogenated alkanes) is 1. The molecule has 0 unspecified atom stereocenters. The van der Waals surface area contributed by atoms with Crippen molar-refractivity contribution in [1.29, 1.82) is 0 Å². The van der Waals surface area contributed by atoms with E-state index in [0.717, 1.165) is 24.2 Å². The predicted molar refractivity (Wildman–Crippen MR) is 150 cm³/mol. The number of carbonyl (C=O) groups excluding carboxylic acids is 1. The van der Waals surface area contributed by atoms with Crippen LogP contribution in [0.15, 0.2) is 76.6 Å². The Morgan fingerprint density at radius 3 is 2.16 bits per heavy atom. The van der Waals surface area contributed by atoms with Crippen LogP contribution < -0.4 is 23.8 Å². The highest BCUT2D eigenvalue weighted by Gasteiger charge is 2.35. The normalized spacial score (nSPS) is 15.4. The van der Waals surface area contributed by atoms with E-state index in [1.807, 2.05) is 72.8 Å². The molecule has 0 N–H and O–H groups in total. The number of nitrogens with zero attached hydrogens (tertiary/aromatic N) is 2. The van der Waals surface area contributed by atoms with Gasteiger partial charge >= 0.3 is 0 Å². The Balaban J connectivity index is 1.68. The molecule has 1 aliphatic rings. The summed E-state index contributed by atoms with van der Waals surface area (Å²) in [6.07, 6.45) is 3.87. The van der Waals surface area contributed by atoms with E-state index < -0.39 is 0 Å². The smallest absolute Gasteiger partial charge is 0.271 e. The van der Waals surface area contributed by atoms with Crippen molar-refractivity contribution in [2.24, 2.45) is 4.99 Å². The van der Waals surface area contributed by atoms with Crippen molar-refractivity contribution in [3.63, 3.8) is 0 Å². The number of ether oxygens (including phenoxy) is 4. The van der Waals surface area contributed by atoms with Crippen molar-refractivity contribution in [2.45, 2.75) is 19.8 Å². The molecule has 0 aliphatic carbocycles. The van der Waals surface area contributed by atoms with Crippen LogP contribution in [0, 0.1) is 0 Å². The fraction of sp³-hybridized carbons (Fsp3) is 0.241. The predicted octanol–water partition coefficient (Wildman–Crippen LogP) is 6.70. The van der Waals surface area contributed by atoms with Crippen LogP contribution in [0.4, 0.5) is 11.4 Å². The molecule has 0 saturated carbocycles.